The maximum atomic E-state index is 12.4. The monoisotopic (exact) mass is 411 g/mol. The molecule has 1 aliphatic heterocycles. The van der Waals surface area contributed by atoms with Gasteiger partial charge in [0, 0.05) is 33.8 Å². The molecule has 1 atom stereocenters. The molecule has 4 rings (SSSR count). The number of aryl methyl sites for hydroxylation is 3. The van der Waals surface area contributed by atoms with Gasteiger partial charge >= 0.3 is 0 Å². The number of nitrogens with zero attached hydrogens (tertiary/aromatic N) is 4. The van der Waals surface area contributed by atoms with E-state index in [2.05, 4.69) is 42.4 Å². The second-order valence-corrected chi connectivity index (χ2v) is 7.49. The van der Waals surface area contributed by atoms with E-state index in [1.165, 1.54) is 0 Å². The molecule has 0 fully saturated rings. The van der Waals surface area contributed by atoms with Crippen molar-refractivity contribution in [1.82, 2.24) is 19.7 Å². The van der Waals surface area contributed by atoms with E-state index in [1.807, 2.05) is 45.0 Å². The highest BCUT2D eigenvalue weighted by Crippen LogP contribution is 2.40. The molecule has 3 heterocycles. The molecule has 1 aromatic carbocycles. The van der Waals surface area contributed by atoms with E-state index in [0.29, 0.717) is 18.2 Å². The number of benzene rings is 1. The van der Waals surface area contributed by atoms with Crippen LogP contribution >= 0.6 is 15.9 Å². The maximum Gasteiger partial charge on any atom is 0.252 e. The summed E-state index contributed by atoms with van der Waals surface area (Å²) in [4.78, 5) is 21.4. The minimum Gasteiger partial charge on any atom is -0.310 e. The topological polar surface area (TPSA) is 72.7 Å². The number of amides is 1. The summed E-state index contributed by atoms with van der Waals surface area (Å²) in [5.74, 6) is 1.06. The van der Waals surface area contributed by atoms with Gasteiger partial charge in [0.25, 0.3) is 5.95 Å². The Balaban J connectivity index is 1.90. The lowest BCUT2D eigenvalue weighted by Crippen LogP contribution is -2.25. The van der Waals surface area contributed by atoms with Gasteiger partial charge in [0.1, 0.15) is 5.82 Å². The van der Waals surface area contributed by atoms with Crippen molar-refractivity contribution in [2.24, 2.45) is 0 Å². The lowest BCUT2D eigenvalue weighted by atomic mass is 9.86. The molecular formula is C19H18BrN5O. The summed E-state index contributed by atoms with van der Waals surface area (Å²) < 4.78 is 2.64. The van der Waals surface area contributed by atoms with Crippen LogP contribution in [0.15, 0.2) is 34.8 Å². The number of nitrogens with one attached hydrogen (secondary N) is 1. The highest BCUT2D eigenvalue weighted by molar-refractivity contribution is 9.10. The second kappa shape index (κ2) is 6.32. The molecule has 0 aliphatic carbocycles. The molecule has 3 aromatic rings. The predicted molar refractivity (Wildman–Crippen MR) is 103 cm³/mol. The van der Waals surface area contributed by atoms with E-state index < -0.39 is 0 Å². The van der Waals surface area contributed by atoms with Gasteiger partial charge in [-0.25, -0.2) is 9.97 Å². The Hall–Kier alpha value is -2.54. The summed E-state index contributed by atoms with van der Waals surface area (Å²) in [7, 11) is 0. The van der Waals surface area contributed by atoms with Gasteiger partial charge in [-0.3, -0.25) is 4.79 Å². The van der Waals surface area contributed by atoms with Crippen LogP contribution in [-0.4, -0.2) is 25.7 Å². The Morgan fingerprint density at radius 3 is 2.58 bits per heavy atom. The fourth-order valence-electron chi connectivity index (χ4n) is 3.50. The van der Waals surface area contributed by atoms with E-state index in [4.69, 9.17) is 0 Å². The molecular weight excluding hydrogens is 394 g/mol. The molecule has 6 nitrogen and oxygen atoms in total. The number of carbonyl (C=O) groups excluding carboxylic acids is 1. The molecule has 0 bridgehead atoms. The average Bonchev–Trinajstić information content (AvgIpc) is 2.90. The molecule has 0 spiro atoms. The third-order valence-electron chi connectivity index (χ3n) is 4.51. The highest BCUT2D eigenvalue weighted by Gasteiger charge is 2.33. The third-order valence-corrected chi connectivity index (χ3v) is 5.01. The number of aromatic nitrogens is 4. The molecule has 1 N–H and O–H groups in total. The molecule has 1 amide bonds. The third kappa shape index (κ3) is 2.92. The number of carbonyl (C=O) groups is 1. The van der Waals surface area contributed by atoms with Crippen molar-refractivity contribution in [1.29, 1.82) is 0 Å². The van der Waals surface area contributed by atoms with Crippen molar-refractivity contribution in [2.45, 2.75) is 33.1 Å². The number of fused-ring (bicyclic) bond motifs is 1. The van der Waals surface area contributed by atoms with Crippen LogP contribution in [0.25, 0.3) is 5.95 Å². The smallest absolute Gasteiger partial charge is 0.252 e. The van der Waals surface area contributed by atoms with Crippen LogP contribution in [0.2, 0.25) is 0 Å². The number of halogens is 1. The zero-order valence-corrected chi connectivity index (χ0v) is 16.3. The fraction of sp³-hybridized carbons (Fsp3) is 0.263. The Morgan fingerprint density at radius 1 is 1.15 bits per heavy atom. The Kier molecular flexibility index (Phi) is 4.11. The minimum atomic E-state index is -0.0455. The Labute approximate surface area is 159 Å². The van der Waals surface area contributed by atoms with Crippen molar-refractivity contribution in [2.75, 3.05) is 5.32 Å². The fourth-order valence-corrected chi connectivity index (χ4v) is 3.92. The minimum absolute atomic E-state index is 0.0343. The SMILES string of the molecule is Cc1cc(C)nc(-n2nc(C)c3c2NC(=O)C[C@H]3c2cccc(Br)c2)n1. The lowest BCUT2D eigenvalue weighted by molar-refractivity contribution is -0.116. The summed E-state index contributed by atoms with van der Waals surface area (Å²) in [6.07, 6.45) is 0.393. The van der Waals surface area contributed by atoms with E-state index in [0.717, 1.165) is 32.7 Å². The van der Waals surface area contributed by atoms with Crippen molar-refractivity contribution >= 4 is 27.7 Å². The molecule has 0 unspecified atom stereocenters. The van der Waals surface area contributed by atoms with Gasteiger partial charge < -0.3 is 5.32 Å². The van der Waals surface area contributed by atoms with Crippen LogP contribution in [0, 0.1) is 20.8 Å². The maximum absolute atomic E-state index is 12.4. The Bertz CT molecular complexity index is 1010. The molecule has 26 heavy (non-hydrogen) atoms. The van der Waals surface area contributed by atoms with E-state index in [9.17, 15) is 4.79 Å². The molecule has 1 aliphatic rings. The van der Waals surface area contributed by atoms with Crippen molar-refractivity contribution in [3.05, 3.63) is 63.0 Å². The molecule has 2 aromatic heterocycles. The quantitative estimate of drug-likeness (QED) is 0.695. The zero-order valence-electron chi connectivity index (χ0n) is 14.7. The van der Waals surface area contributed by atoms with Gasteiger partial charge in [0.2, 0.25) is 5.91 Å². The molecule has 0 saturated carbocycles. The average molecular weight is 412 g/mol. The summed E-state index contributed by atoms with van der Waals surface area (Å²) in [6, 6.07) is 9.97. The van der Waals surface area contributed by atoms with E-state index in [-0.39, 0.29) is 11.8 Å². The lowest BCUT2D eigenvalue weighted by Gasteiger charge is -2.24. The predicted octanol–water partition coefficient (Wildman–Crippen LogP) is 3.82. The van der Waals surface area contributed by atoms with Crippen LogP contribution in [0.4, 0.5) is 5.82 Å². The normalized spacial score (nSPS) is 16.3. The van der Waals surface area contributed by atoms with Gasteiger partial charge in [-0.05, 0) is 44.5 Å². The largest absolute Gasteiger partial charge is 0.310 e. The first-order valence-corrected chi connectivity index (χ1v) is 9.19. The van der Waals surface area contributed by atoms with Crippen molar-refractivity contribution < 1.29 is 4.79 Å². The van der Waals surface area contributed by atoms with Crippen molar-refractivity contribution in [3.63, 3.8) is 0 Å². The van der Waals surface area contributed by atoms with Gasteiger partial charge in [-0.2, -0.15) is 9.78 Å². The van der Waals surface area contributed by atoms with Crippen LogP contribution in [0.1, 0.15) is 40.5 Å². The molecule has 132 valence electrons. The molecule has 0 radical (unpaired) electrons. The van der Waals surface area contributed by atoms with Crippen molar-refractivity contribution in [3.8, 4) is 5.95 Å². The van der Waals surface area contributed by atoms with Crippen LogP contribution < -0.4 is 5.32 Å². The van der Waals surface area contributed by atoms with E-state index in [1.54, 1.807) is 4.68 Å². The highest BCUT2D eigenvalue weighted by atomic mass is 79.9. The number of anilines is 1. The summed E-state index contributed by atoms with van der Waals surface area (Å²) in [6.45, 7) is 5.80. The van der Waals surface area contributed by atoms with Gasteiger partial charge in [-0.1, -0.05) is 28.1 Å². The second-order valence-electron chi connectivity index (χ2n) is 6.57. The summed E-state index contributed by atoms with van der Waals surface area (Å²) in [5, 5.41) is 7.61. The number of rotatable bonds is 2. The zero-order chi connectivity index (χ0) is 18.4. The number of hydrogen-bond acceptors (Lipinski definition) is 4. The first-order valence-electron chi connectivity index (χ1n) is 8.40. The Morgan fingerprint density at radius 2 is 1.88 bits per heavy atom. The molecule has 7 heteroatoms. The van der Waals surface area contributed by atoms with Crippen LogP contribution in [-0.2, 0) is 4.79 Å². The van der Waals surface area contributed by atoms with Crippen LogP contribution in [0.5, 0.6) is 0 Å². The van der Waals surface area contributed by atoms with Gasteiger partial charge in [-0.15, -0.1) is 0 Å². The summed E-state index contributed by atoms with van der Waals surface area (Å²) >= 11 is 3.52. The van der Waals surface area contributed by atoms with Gasteiger partial charge in [0.15, 0.2) is 0 Å². The van der Waals surface area contributed by atoms with E-state index >= 15 is 0 Å². The molecule has 0 saturated heterocycles. The van der Waals surface area contributed by atoms with Crippen LogP contribution in [0.3, 0.4) is 0 Å². The van der Waals surface area contributed by atoms with Gasteiger partial charge in [0.05, 0.1) is 5.69 Å². The number of hydrogen-bond donors (Lipinski definition) is 1. The standard InChI is InChI=1S/C19H18BrN5O/c1-10-7-11(2)22-19(21-10)25-18-17(12(3)24-25)15(9-16(26)23-18)13-5-4-6-14(20)8-13/h4-8,15H,9H2,1-3H3,(H,23,26)/t15-/m0/s1. The summed E-state index contributed by atoms with van der Waals surface area (Å²) in [5.41, 5.74) is 4.69. The first kappa shape index (κ1) is 16.9. The first-order chi connectivity index (χ1) is 12.4.